The zero-order chi connectivity index (χ0) is 12.8. The zero-order valence-corrected chi connectivity index (χ0v) is 11.5. The lowest BCUT2D eigenvalue weighted by Gasteiger charge is -2.11. The van der Waals surface area contributed by atoms with E-state index in [1.54, 1.807) is 0 Å². The minimum atomic E-state index is -0.343. The Morgan fingerprint density at radius 1 is 1.00 bits per heavy atom. The van der Waals surface area contributed by atoms with Gasteiger partial charge in [-0.2, -0.15) is 0 Å². The Morgan fingerprint density at radius 2 is 1.65 bits per heavy atom. The lowest BCUT2D eigenvalue weighted by Crippen LogP contribution is -2.16. The van der Waals surface area contributed by atoms with Crippen LogP contribution in [-0.2, 0) is 9.47 Å². The van der Waals surface area contributed by atoms with Gasteiger partial charge in [-0.15, -0.1) is 0 Å². The van der Waals surface area contributed by atoms with E-state index in [2.05, 4.69) is 44.8 Å². The fourth-order valence-electron chi connectivity index (χ4n) is 1.18. The fraction of sp³-hybridized carbons (Fsp3) is 0.733. The predicted octanol–water partition coefficient (Wildman–Crippen LogP) is 3.92. The number of allylic oxidation sites excluding steroid dienone is 2. The van der Waals surface area contributed by atoms with Gasteiger partial charge in [-0.05, 0) is 31.6 Å². The van der Waals surface area contributed by atoms with Gasteiger partial charge in [0.15, 0.2) is 0 Å². The highest BCUT2D eigenvalue weighted by atomic mass is 16.7. The number of ether oxygens (including phenoxy) is 2. The van der Waals surface area contributed by atoms with Gasteiger partial charge in [-0.25, -0.2) is 0 Å². The molecule has 0 aromatic heterocycles. The Bertz CT molecular complexity index is 227. The van der Waals surface area contributed by atoms with E-state index in [-0.39, 0.29) is 6.29 Å². The molecular weight excluding hydrogens is 212 g/mol. The van der Waals surface area contributed by atoms with Crippen LogP contribution in [0.15, 0.2) is 12.2 Å². The monoisotopic (exact) mass is 238 g/mol. The second-order valence-corrected chi connectivity index (χ2v) is 3.81. The first-order chi connectivity index (χ1) is 8.35. The average molecular weight is 238 g/mol. The van der Waals surface area contributed by atoms with Crippen LogP contribution in [0.4, 0.5) is 0 Å². The van der Waals surface area contributed by atoms with Gasteiger partial charge in [-0.3, -0.25) is 0 Å². The summed E-state index contributed by atoms with van der Waals surface area (Å²) in [4.78, 5) is 0. The number of rotatable bonds is 9. The summed E-state index contributed by atoms with van der Waals surface area (Å²) in [5.41, 5.74) is 0. The Balaban J connectivity index is 3.85. The van der Waals surface area contributed by atoms with Crippen molar-refractivity contribution in [2.75, 3.05) is 13.2 Å². The topological polar surface area (TPSA) is 18.5 Å². The van der Waals surface area contributed by atoms with Crippen molar-refractivity contribution in [3.63, 3.8) is 0 Å². The molecular formula is C15H26O2. The van der Waals surface area contributed by atoms with Crippen molar-refractivity contribution < 1.29 is 9.47 Å². The molecule has 0 amide bonds. The molecule has 0 unspecified atom stereocenters. The molecule has 0 rings (SSSR count). The van der Waals surface area contributed by atoms with Gasteiger partial charge in [0, 0.05) is 6.42 Å². The quantitative estimate of drug-likeness (QED) is 0.262. The van der Waals surface area contributed by atoms with Crippen LogP contribution in [0.2, 0.25) is 0 Å². The van der Waals surface area contributed by atoms with Crippen LogP contribution in [0.5, 0.6) is 0 Å². The van der Waals surface area contributed by atoms with E-state index >= 15 is 0 Å². The highest BCUT2D eigenvalue weighted by Gasteiger charge is 2.02. The maximum atomic E-state index is 5.51. The van der Waals surface area contributed by atoms with E-state index < -0.39 is 0 Å². The molecule has 0 atom stereocenters. The molecule has 0 aliphatic heterocycles. The summed E-state index contributed by atoms with van der Waals surface area (Å²) >= 11 is 0. The second-order valence-electron chi connectivity index (χ2n) is 3.81. The van der Waals surface area contributed by atoms with Gasteiger partial charge in [0.1, 0.15) is 0 Å². The molecule has 17 heavy (non-hydrogen) atoms. The summed E-state index contributed by atoms with van der Waals surface area (Å²) in [6.07, 6.45) is 8.96. The third-order valence-electron chi connectivity index (χ3n) is 2.00. The van der Waals surface area contributed by atoms with Gasteiger partial charge in [-0.1, -0.05) is 38.8 Å². The van der Waals surface area contributed by atoms with E-state index in [0.717, 1.165) is 32.1 Å². The lowest BCUT2D eigenvalue weighted by atomic mass is 10.3. The highest BCUT2D eigenvalue weighted by molar-refractivity contribution is 5.03. The molecule has 0 radical (unpaired) electrons. The first-order valence-corrected chi connectivity index (χ1v) is 6.71. The molecule has 0 aliphatic carbocycles. The van der Waals surface area contributed by atoms with Crippen LogP contribution >= 0.6 is 0 Å². The smallest absolute Gasteiger partial charge is 0.222 e. The maximum absolute atomic E-state index is 5.51. The molecule has 0 heterocycles. The van der Waals surface area contributed by atoms with Gasteiger partial charge in [0.25, 0.3) is 0 Å². The molecule has 0 saturated carbocycles. The number of hydrogen-bond donors (Lipinski definition) is 0. The number of unbranched alkanes of at least 4 members (excludes halogenated alkanes) is 1. The lowest BCUT2D eigenvalue weighted by molar-refractivity contribution is -0.104. The summed E-state index contributed by atoms with van der Waals surface area (Å²) in [6, 6.07) is 0. The first-order valence-electron chi connectivity index (χ1n) is 6.71. The van der Waals surface area contributed by atoms with Crippen LogP contribution in [0.1, 0.15) is 52.9 Å². The summed E-state index contributed by atoms with van der Waals surface area (Å²) in [6.45, 7) is 7.71. The van der Waals surface area contributed by atoms with Crippen molar-refractivity contribution in [2.24, 2.45) is 0 Å². The molecule has 0 bridgehead atoms. The molecule has 0 saturated heterocycles. The van der Waals surface area contributed by atoms with E-state index in [1.807, 2.05) is 0 Å². The van der Waals surface area contributed by atoms with E-state index in [0.29, 0.717) is 13.2 Å². The van der Waals surface area contributed by atoms with E-state index in [4.69, 9.17) is 9.47 Å². The van der Waals surface area contributed by atoms with E-state index in [9.17, 15) is 0 Å². The Labute approximate surface area is 106 Å². The summed E-state index contributed by atoms with van der Waals surface area (Å²) in [5, 5.41) is 0. The minimum absolute atomic E-state index is 0.343. The van der Waals surface area contributed by atoms with Crippen LogP contribution in [0.3, 0.4) is 0 Å². The fourth-order valence-corrected chi connectivity index (χ4v) is 1.18. The number of hydrogen-bond acceptors (Lipinski definition) is 2. The largest absolute Gasteiger partial charge is 0.342 e. The van der Waals surface area contributed by atoms with Crippen molar-refractivity contribution in [1.29, 1.82) is 0 Å². The molecule has 2 heteroatoms. The molecule has 0 aliphatic rings. The van der Waals surface area contributed by atoms with Gasteiger partial charge < -0.3 is 9.47 Å². The highest BCUT2D eigenvalue weighted by Crippen LogP contribution is 1.98. The van der Waals surface area contributed by atoms with Gasteiger partial charge in [0.2, 0.25) is 6.29 Å². The van der Waals surface area contributed by atoms with Crippen LogP contribution in [0, 0.1) is 11.8 Å². The third-order valence-corrected chi connectivity index (χ3v) is 2.00. The van der Waals surface area contributed by atoms with Gasteiger partial charge >= 0.3 is 0 Å². The Hall–Kier alpha value is -0.780. The van der Waals surface area contributed by atoms with E-state index in [1.165, 1.54) is 0 Å². The SMILES string of the molecule is CC/C=C\CCC#CC(OCCC)OCCC. The zero-order valence-electron chi connectivity index (χ0n) is 11.5. The Kier molecular flexibility index (Phi) is 12.7. The van der Waals surface area contributed by atoms with Crippen molar-refractivity contribution in [3.05, 3.63) is 12.2 Å². The average Bonchev–Trinajstić information content (AvgIpc) is 2.35. The summed E-state index contributed by atoms with van der Waals surface area (Å²) in [7, 11) is 0. The molecule has 98 valence electrons. The Morgan fingerprint density at radius 3 is 2.18 bits per heavy atom. The molecule has 0 spiro atoms. The molecule has 0 N–H and O–H groups in total. The van der Waals surface area contributed by atoms with Crippen molar-refractivity contribution in [2.45, 2.75) is 59.2 Å². The standard InChI is InChI=1S/C15H26O2/c1-4-7-8-9-10-11-12-15(16-13-5-2)17-14-6-3/h7-8,15H,4-6,9-10,13-14H2,1-3H3/b8-7-. The predicted molar refractivity (Wildman–Crippen MR) is 72.7 cm³/mol. The second kappa shape index (κ2) is 13.3. The van der Waals surface area contributed by atoms with Crippen molar-refractivity contribution in [3.8, 4) is 11.8 Å². The minimum Gasteiger partial charge on any atom is -0.342 e. The maximum Gasteiger partial charge on any atom is 0.222 e. The molecule has 2 nitrogen and oxygen atoms in total. The van der Waals surface area contributed by atoms with Gasteiger partial charge in [0.05, 0.1) is 13.2 Å². The van der Waals surface area contributed by atoms with Crippen molar-refractivity contribution in [1.82, 2.24) is 0 Å². The normalized spacial score (nSPS) is 10.8. The third kappa shape index (κ3) is 11.5. The molecule has 0 fully saturated rings. The summed E-state index contributed by atoms with van der Waals surface area (Å²) in [5.74, 6) is 6.15. The molecule has 0 aromatic rings. The van der Waals surface area contributed by atoms with Crippen LogP contribution in [-0.4, -0.2) is 19.5 Å². The van der Waals surface area contributed by atoms with Crippen LogP contribution in [0.25, 0.3) is 0 Å². The van der Waals surface area contributed by atoms with Crippen LogP contribution < -0.4 is 0 Å². The van der Waals surface area contributed by atoms with Crippen molar-refractivity contribution >= 4 is 0 Å². The molecule has 0 aromatic carbocycles. The summed E-state index contributed by atoms with van der Waals surface area (Å²) < 4.78 is 11.0. The first kappa shape index (κ1) is 16.2.